The van der Waals surface area contributed by atoms with Crippen molar-refractivity contribution in [2.75, 3.05) is 23.4 Å². The molecule has 0 radical (unpaired) electrons. The van der Waals surface area contributed by atoms with Crippen LogP contribution in [0.15, 0.2) is 12.4 Å². The SMILES string of the molecule is CCOc1cc(N(CCBr)C2CCCC2)ncn1. The van der Waals surface area contributed by atoms with Gasteiger partial charge in [0.25, 0.3) is 0 Å². The summed E-state index contributed by atoms with van der Waals surface area (Å²) in [7, 11) is 0. The quantitative estimate of drug-likeness (QED) is 0.757. The Balaban J connectivity index is 2.15. The van der Waals surface area contributed by atoms with Crippen molar-refractivity contribution in [3.05, 3.63) is 12.4 Å². The van der Waals surface area contributed by atoms with Gasteiger partial charge in [0.2, 0.25) is 5.88 Å². The number of halogens is 1. The van der Waals surface area contributed by atoms with Crippen LogP contribution >= 0.6 is 15.9 Å². The van der Waals surface area contributed by atoms with Crippen LogP contribution in [0.1, 0.15) is 32.6 Å². The highest BCUT2D eigenvalue weighted by molar-refractivity contribution is 9.09. The molecule has 18 heavy (non-hydrogen) atoms. The van der Waals surface area contributed by atoms with Crippen LogP contribution in [0.2, 0.25) is 0 Å². The first-order valence-corrected chi connectivity index (χ1v) is 7.74. The molecular weight excluding hydrogens is 294 g/mol. The maximum atomic E-state index is 5.45. The Morgan fingerprint density at radius 1 is 1.39 bits per heavy atom. The fourth-order valence-electron chi connectivity index (χ4n) is 2.50. The van der Waals surface area contributed by atoms with Crippen LogP contribution in [0.5, 0.6) is 5.88 Å². The van der Waals surface area contributed by atoms with E-state index < -0.39 is 0 Å². The molecule has 0 N–H and O–H groups in total. The van der Waals surface area contributed by atoms with Gasteiger partial charge in [0.05, 0.1) is 6.61 Å². The summed E-state index contributed by atoms with van der Waals surface area (Å²) in [6, 6.07) is 2.57. The maximum absolute atomic E-state index is 5.45. The number of hydrogen-bond donors (Lipinski definition) is 0. The van der Waals surface area contributed by atoms with Gasteiger partial charge in [-0.05, 0) is 19.8 Å². The summed E-state index contributed by atoms with van der Waals surface area (Å²) in [4.78, 5) is 10.9. The first-order chi connectivity index (χ1) is 8.85. The zero-order valence-corrected chi connectivity index (χ0v) is 12.4. The lowest BCUT2D eigenvalue weighted by Crippen LogP contribution is -2.35. The highest BCUT2D eigenvalue weighted by atomic mass is 79.9. The van der Waals surface area contributed by atoms with E-state index in [9.17, 15) is 0 Å². The van der Waals surface area contributed by atoms with Crippen LogP contribution in [-0.4, -0.2) is 34.5 Å². The Hall–Kier alpha value is -0.840. The van der Waals surface area contributed by atoms with Gasteiger partial charge in [-0.15, -0.1) is 0 Å². The molecular formula is C13H20BrN3O. The smallest absolute Gasteiger partial charge is 0.218 e. The summed E-state index contributed by atoms with van der Waals surface area (Å²) in [6.07, 6.45) is 6.78. The Morgan fingerprint density at radius 2 is 2.17 bits per heavy atom. The molecule has 1 aromatic rings. The second kappa shape index (κ2) is 6.92. The summed E-state index contributed by atoms with van der Waals surface area (Å²) >= 11 is 3.53. The van der Waals surface area contributed by atoms with Gasteiger partial charge >= 0.3 is 0 Å². The van der Waals surface area contributed by atoms with E-state index in [1.165, 1.54) is 25.7 Å². The van der Waals surface area contributed by atoms with E-state index in [1.807, 2.05) is 13.0 Å². The molecule has 0 aromatic carbocycles. The molecule has 1 saturated carbocycles. The normalized spacial score (nSPS) is 15.9. The summed E-state index contributed by atoms with van der Waals surface area (Å²) in [5, 5.41) is 0.956. The van der Waals surface area contributed by atoms with Gasteiger partial charge in [-0.2, -0.15) is 0 Å². The van der Waals surface area contributed by atoms with Gasteiger partial charge in [-0.3, -0.25) is 0 Å². The summed E-state index contributed by atoms with van der Waals surface area (Å²) in [6.45, 7) is 3.58. The average molecular weight is 314 g/mol. The van der Waals surface area contributed by atoms with E-state index in [1.54, 1.807) is 6.33 Å². The minimum Gasteiger partial charge on any atom is -0.478 e. The monoisotopic (exact) mass is 313 g/mol. The zero-order valence-electron chi connectivity index (χ0n) is 10.8. The molecule has 1 aliphatic carbocycles. The molecule has 4 nitrogen and oxygen atoms in total. The lowest BCUT2D eigenvalue weighted by molar-refractivity contribution is 0.326. The molecule has 1 heterocycles. The van der Waals surface area contributed by atoms with Crippen LogP contribution in [0.3, 0.4) is 0 Å². The van der Waals surface area contributed by atoms with Gasteiger partial charge in [0.15, 0.2) is 0 Å². The van der Waals surface area contributed by atoms with Crippen molar-refractivity contribution in [1.29, 1.82) is 0 Å². The molecule has 1 fully saturated rings. The fourth-order valence-corrected chi connectivity index (χ4v) is 2.89. The van der Waals surface area contributed by atoms with E-state index >= 15 is 0 Å². The van der Waals surface area contributed by atoms with Crippen molar-refractivity contribution in [1.82, 2.24) is 9.97 Å². The van der Waals surface area contributed by atoms with Crippen molar-refractivity contribution >= 4 is 21.7 Å². The molecule has 0 atom stereocenters. The largest absolute Gasteiger partial charge is 0.478 e. The number of aromatic nitrogens is 2. The zero-order chi connectivity index (χ0) is 12.8. The number of ether oxygens (including phenoxy) is 1. The molecule has 1 aromatic heterocycles. The van der Waals surface area contributed by atoms with Gasteiger partial charge in [-0.25, -0.2) is 9.97 Å². The topological polar surface area (TPSA) is 38.2 Å². The number of anilines is 1. The Bertz CT molecular complexity index is 369. The fraction of sp³-hybridized carbons (Fsp3) is 0.692. The van der Waals surface area contributed by atoms with Crippen molar-refractivity contribution in [3.63, 3.8) is 0 Å². The van der Waals surface area contributed by atoms with Crippen LogP contribution in [0, 0.1) is 0 Å². The molecule has 5 heteroatoms. The standard InChI is InChI=1S/C13H20BrN3O/c1-2-18-13-9-12(15-10-16-13)17(8-7-14)11-5-3-4-6-11/h9-11H,2-8H2,1H3. The molecule has 0 saturated heterocycles. The molecule has 0 spiro atoms. The molecule has 0 amide bonds. The average Bonchev–Trinajstić information content (AvgIpc) is 2.90. The number of rotatable bonds is 6. The summed E-state index contributed by atoms with van der Waals surface area (Å²) in [5.74, 6) is 1.65. The molecule has 0 bridgehead atoms. The molecule has 100 valence electrons. The third kappa shape index (κ3) is 3.34. The first kappa shape index (κ1) is 13.6. The van der Waals surface area contributed by atoms with E-state index in [-0.39, 0.29) is 0 Å². The van der Waals surface area contributed by atoms with E-state index in [0.717, 1.165) is 17.7 Å². The van der Waals surface area contributed by atoms with Crippen LogP contribution in [0.4, 0.5) is 5.82 Å². The highest BCUT2D eigenvalue weighted by Crippen LogP contribution is 2.28. The first-order valence-electron chi connectivity index (χ1n) is 6.62. The third-order valence-corrected chi connectivity index (χ3v) is 3.66. The lowest BCUT2D eigenvalue weighted by atomic mass is 10.2. The minimum absolute atomic E-state index is 0.618. The van der Waals surface area contributed by atoms with Gasteiger partial charge in [-0.1, -0.05) is 28.8 Å². The van der Waals surface area contributed by atoms with Crippen molar-refractivity contribution in [2.24, 2.45) is 0 Å². The van der Waals surface area contributed by atoms with Crippen molar-refractivity contribution in [3.8, 4) is 5.88 Å². The van der Waals surface area contributed by atoms with Gasteiger partial charge < -0.3 is 9.64 Å². The molecule has 2 rings (SSSR count). The highest BCUT2D eigenvalue weighted by Gasteiger charge is 2.23. The molecule has 1 aliphatic rings. The molecule has 0 aliphatic heterocycles. The number of hydrogen-bond acceptors (Lipinski definition) is 4. The third-order valence-electron chi connectivity index (χ3n) is 3.30. The lowest BCUT2D eigenvalue weighted by Gasteiger charge is -2.29. The second-order valence-electron chi connectivity index (χ2n) is 4.47. The minimum atomic E-state index is 0.618. The number of nitrogens with zero attached hydrogens (tertiary/aromatic N) is 3. The Labute approximate surface area is 117 Å². The second-order valence-corrected chi connectivity index (χ2v) is 5.26. The van der Waals surface area contributed by atoms with Gasteiger partial charge in [0, 0.05) is 24.0 Å². The van der Waals surface area contributed by atoms with E-state index in [2.05, 4.69) is 30.8 Å². The maximum Gasteiger partial charge on any atom is 0.218 e. The van der Waals surface area contributed by atoms with Gasteiger partial charge in [0.1, 0.15) is 12.1 Å². The number of alkyl halides is 1. The van der Waals surface area contributed by atoms with E-state index in [4.69, 9.17) is 4.74 Å². The Morgan fingerprint density at radius 3 is 2.83 bits per heavy atom. The predicted molar refractivity (Wildman–Crippen MR) is 76.6 cm³/mol. The Kier molecular flexibility index (Phi) is 5.23. The van der Waals surface area contributed by atoms with Crippen LogP contribution in [-0.2, 0) is 0 Å². The predicted octanol–water partition coefficient (Wildman–Crippen LogP) is 3.02. The van der Waals surface area contributed by atoms with E-state index in [0.29, 0.717) is 18.5 Å². The van der Waals surface area contributed by atoms with Crippen molar-refractivity contribution < 1.29 is 4.74 Å². The summed E-state index contributed by atoms with van der Waals surface area (Å²) in [5.41, 5.74) is 0. The summed E-state index contributed by atoms with van der Waals surface area (Å²) < 4.78 is 5.45. The van der Waals surface area contributed by atoms with Crippen molar-refractivity contribution in [2.45, 2.75) is 38.6 Å². The van der Waals surface area contributed by atoms with Crippen LogP contribution in [0.25, 0.3) is 0 Å². The molecule has 0 unspecified atom stereocenters. The van der Waals surface area contributed by atoms with Crippen LogP contribution < -0.4 is 9.64 Å².